The van der Waals surface area contributed by atoms with Gasteiger partial charge in [-0.15, -0.1) is 0 Å². The number of carbonyl (C=O) groups excluding carboxylic acids is 2. The maximum absolute atomic E-state index is 12.9. The smallest absolute Gasteiger partial charge is 0.408 e. The number of amides is 2. The number of ether oxygens (including phenoxy) is 1. The summed E-state index contributed by atoms with van der Waals surface area (Å²) in [6.45, 7) is 3.93. The first kappa shape index (κ1) is 23.6. The van der Waals surface area contributed by atoms with Gasteiger partial charge in [-0.3, -0.25) is 4.79 Å². The minimum atomic E-state index is -3.31. The lowest BCUT2D eigenvalue weighted by atomic mass is 10.1. The molecule has 1 aliphatic rings. The van der Waals surface area contributed by atoms with Gasteiger partial charge in [0, 0.05) is 30.7 Å². The van der Waals surface area contributed by atoms with Gasteiger partial charge in [0.1, 0.15) is 22.5 Å². The molecule has 8 nitrogen and oxygen atoms in total. The van der Waals surface area contributed by atoms with Crippen LogP contribution in [0.15, 0.2) is 48.5 Å². The van der Waals surface area contributed by atoms with Crippen LogP contribution in [-0.4, -0.2) is 51.6 Å². The van der Waals surface area contributed by atoms with Crippen LogP contribution in [-0.2, 0) is 32.4 Å². The van der Waals surface area contributed by atoms with Crippen molar-refractivity contribution in [3.05, 3.63) is 59.7 Å². The average molecular weight is 460 g/mol. The molecule has 0 bridgehead atoms. The van der Waals surface area contributed by atoms with Crippen LogP contribution < -0.4 is 15.5 Å². The summed E-state index contributed by atoms with van der Waals surface area (Å²) in [5.41, 5.74) is 3.70. The average Bonchev–Trinajstić information content (AvgIpc) is 3.17. The summed E-state index contributed by atoms with van der Waals surface area (Å²) in [5, 5.41) is 5.31. The first-order chi connectivity index (χ1) is 15.2. The quantitative estimate of drug-likeness (QED) is 0.598. The SMILES string of the molecule is CCN1CCc2ccc(NC(=O)C(CCS(C)(=O)=O)NC(=O)OCc3ccccc3)cc21. The van der Waals surface area contributed by atoms with E-state index in [-0.39, 0.29) is 18.8 Å². The summed E-state index contributed by atoms with van der Waals surface area (Å²) < 4.78 is 28.5. The van der Waals surface area contributed by atoms with Gasteiger partial charge in [-0.05, 0) is 43.0 Å². The van der Waals surface area contributed by atoms with Crippen LogP contribution >= 0.6 is 0 Å². The Morgan fingerprint density at radius 2 is 1.91 bits per heavy atom. The third-order valence-electron chi connectivity index (χ3n) is 5.32. The molecule has 2 amide bonds. The highest BCUT2D eigenvalue weighted by molar-refractivity contribution is 7.90. The molecule has 1 heterocycles. The zero-order valence-corrected chi connectivity index (χ0v) is 19.2. The van der Waals surface area contributed by atoms with Crippen molar-refractivity contribution in [2.45, 2.75) is 32.4 Å². The van der Waals surface area contributed by atoms with Gasteiger partial charge in [-0.2, -0.15) is 0 Å². The summed E-state index contributed by atoms with van der Waals surface area (Å²) >= 11 is 0. The Hall–Kier alpha value is -3.07. The van der Waals surface area contributed by atoms with Crippen molar-refractivity contribution in [2.75, 3.05) is 35.3 Å². The Balaban J connectivity index is 1.66. The molecule has 1 atom stereocenters. The van der Waals surface area contributed by atoms with E-state index in [0.29, 0.717) is 5.69 Å². The molecule has 0 saturated carbocycles. The first-order valence-electron chi connectivity index (χ1n) is 10.6. The molecule has 0 radical (unpaired) electrons. The van der Waals surface area contributed by atoms with Crippen LogP contribution in [0.2, 0.25) is 0 Å². The van der Waals surface area contributed by atoms with E-state index in [1.165, 1.54) is 5.56 Å². The lowest BCUT2D eigenvalue weighted by Crippen LogP contribution is -2.45. The van der Waals surface area contributed by atoms with E-state index in [4.69, 9.17) is 4.74 Å². The van der Waals surface area contributed by atoms with Crippen LogP contribution in [0, 0.1) is 0 Å². The zero-order chi connectivity index (χ0) is 23.1. The lowest BCUT2D eigenvalue weighted by Gasteiger charge is -2.20. The maximum Gasteiger partial charge on any atom is 0.408 e. The minimum Gasteiger partial charge on any atom is -0.445 e. The number of hydrogen-bond donors (Lipinski definition) is 2. The number of alkyl carbamates (subject to hydrolysis) is 1. The van der Waals surface area contributed by atoms with Crippen molar-refractivity contribution in [3.8, 4) is 0 Å². The fourth-order valence-corrected chi connectivity index (χ4v) is 4.25. The lowest BCUT2D eigenvalue weighted by molar-refractivity contribution is -0.118. The molecule has 0 spiro atoms. The van der Waals surface area contributed by atoms with Crippen LogP contribution in [0.3, 0.4) is 0 Å². The molecular formula is C23H29N3O5S. The highest BCUT2D eigenvalue weighted by Gasteiger charge is 2.24. The van der Waals surface area contributed by atoms with Gasteiger partial charge in [0.15, 0.2) is 0 Å². The Morgan fingerprint density at radius 3 is 2.59 bits per heavy atom. The van der Waals surface area contributed by atoms with Crippen LogP contribution in [0.5, 0.6) is 0 Å². The van der Waals surface area contributed by atoms with Crippen molar-refractivity contribution in [1.29, 1.82) is 0 Å². The molecule has 0 saturated heterocycles. The molecule has 1 aliphatic heterocycles. The Labute approximate surface area is 188 Å². The standard InChI is InChI=1S/C23H29N3O5S/c1-3-26-13-11-18-9-10-19(15-21(18)26)24-22(27)20(12-14-32(2,29)30)25-23(28)31-16-17-7-5-4-6-8-17/h4-10,15,20H,3,11-14,16H2,1-2H3,(H,24,27)(H,25,28). The summed E-state index contributed by atoms with van der Waals surface area (Å²) in [6, 6.07) is 13.8. The molecule has 9 heteroatoms. The number of nitrogens with one attached hydrogen (secondary N) is 2. The summed E-state index contributed by atoms with van der Waals surface area (Å²) in [7, 11) is -3.31. The number of hydrogen-bond acceptors (Lipinski definition) is 6. The number of carbonyl (C=O) groups is 2. The third-order valence-corrected chi connectivity index (χ3v) is 6.30. The number of sulfone groups is 1. The molecule has 2 aromatic rings. The number of benzene rings is 2. The molecule has 172 valence electrons. The maximum atomic E-state index is 12.9. The summed E-state index contributed by atoms with van der Waals surface area (Å²) in [4.78, 5) is 27.4. The van der Waals surface area contributed by atoms with Crippen LogP contribution in [0.25, 0.3) is 0 Å². The van der Waals surface area contributed by atoms with E-state index in [1.54, 1.807) is 0 Å². The van der Waals surface area contributed by atoms with E-state index >= 15 is 0 Å². The molecule has 0 aromatic heterocycles. The van der Waals surface area contributed by atoms with E-state index in [9.17, 15) is 18.0 Å². The second-order valence-corrected chi connectivity index (χ2v) is 10.1. The highest BCUT2D eigenvalue weighted by Crippen LogP contribution is 2.30. The Morgan fingerprint density at radius 1 is 1.16 bits per heavy atom. The highest BCUT2D eigenvalue weighted by atomic mass is 32.2. The predicted molar refractivity (Wildman–Crippen MR) is 125 cm³/mol. The van der Waals surface area contributed by atoms with Crippen molar-refractivity contribution in [2.24, 2.45) is 0 Å². The third kappa shape index (κ3) is 6.71. The molecule has 32 heavy (non-hydrogen) atoms. The minimum absolute atomic E-state index is 0.0464. The van der Waals surface area contributed by atoms with Crippen molar-refractivity contribution >= 4 is 33.2 Å². The largest absolute Gasteiger partial charge is 0.445 e. The second kappa shape index (κ2) is 10.5. The van der Waals surface area contributed by atoms with Gasteiger partial charge in [0.25, 0.3) is 0 Å². The fourth-order valence-electron chi connectivity index (χ4n) is 3.59. The van der Waals surface area contributed by atoms with Crippen molar-refractivity contribution in [1.82, 2.24) is 5.32 Å². The molecule has 3 rings (SSSR count). The topological polar surface area (TPSA) is 105 Å². The number of nitrogens with zero attached hydrogens (tertiary/aromatic N) is 1. The fraction of sp³-hybridized carbons (Fsp3) is 0.391. The van der Waals surface area contributed by atoms with E-state index in [1.807, 2.05) is 48.5 Å². The number of fused-ring (bicyclic) bond motifs is 1. The molecule has 1 unspecified atom stereocenters. The van der Waals surface area contributed by atoms with Gasteiger partial charge in [0.2, 0.25) is 5.91 Å². The van der Waals surface area contributed by atoms with Gasteiger partial charge in [0.05, 0.1) is 5.75 Å². The molecule has 2 N–H and O–H groups in total. The molecule has 0 fully saturated rings. The first-order valence-corrected chi connectivity index (χ1v) is 12.6. The second-order valence-electron chi connectivity index (χ2n) is 7.84. The number of rotatable bonds is 9. The number of anilines is 2. The van der Waals surface area contributed by atoms with Gasteiger partial charge < -0.3 is 20.3 Å². The monoisotopic (exact) mass is 459 g/mol. The molecule has 2 aromatic carbocycles. The number of likely N-dealkylation sites (N-methyl/N-ethyl adjacent to an activating group) is 1. The Kier molecular flexibility index (Phi) is 7.74. The summed E-state index contributed by atoms with van der Waals surface area (Å²) in [6.07, 6.45) is 1.21. The van der Waals surface area contributed by atoms with Crippen LogP contribution in [0.1, 0.15) is 24.5 Å². The summed E-state index contributed by atoms with van der Waals surface area (Å²) in [5.74, 6) is -0.732. The van der Waals surface area contributed by atoms with Gasteiger partial charge in [-0.1, -0.05) is 36.4 Å². The van der Waals surface area contributed by atoms with E-state index < -0.39 is 27.9 Å². The molecular weight excluding hydrogens is 430 g/mol. The van der Waals surface area contributed by atoms with E-state index in [2.05, 4.69) is 22.5 Å². The van der Waals surface area contributed by atoms with Gasteiger partial charge in [-0.25, -0.2) is 13.2 Å². The predicted octanol–water partition coefficient (Wildman–Crippen LogP) is 2.74. The zero-order valence-electron chi connectivity index (χ0n) is 18.3. The van der Waals surface area contributed by atoms with Crippen molar-refractivity contribution < 1.29 is 22.7 Å². The normalized spacial score (nSPS) is 13.9. The van der Waals surface area contributed by atoms with Crippen molar-refractivity contribution in [3.63, 3.8) is 0 Å². The van der Waals surface area contributed by atoms with E-state index in [0.717, 1.165) is 37.0 Å². The Bertz CT molecular complexity index is 1060. The van der Waals surface area contributed by atoms with Gasteiger partial charge >= 0.3 is 6.09 Å². The van der Waals surface area contributed by atoms with Crippen LogP contribution in [0.4, 0.5) is 16.2 Å². The molecule has 0 aliphatic carbocycles.